The minimum atomic E-state index is -0.356. The van der Waals surface area contributed by atoms with Gasteiger partial charge >= 0.3 is 0 Å². The summed E-state index contributed by atoms with van der Waals surface area (Å²) >= 11 is 0. The van der Waals surface area contributed by atoms with Gasteiger partial charge in [0.05, 0.1) is 12.1 Å². The summed E-state index contributed by atoms with van der Waals surface area (Å²) in [6.45, 7) is 7.12. The fraction of sp³-hybridized carbons (Fsp3) is 0.462. The first kappa shape index (κ1) is 14.3. The third-order valence-corrected chi connectivity index (χ3v) is 2.83. The van der Waals surface area contributed by atoms with Crippen LogP contribution in [0.25, 0.3) is 11.4 Å². The Kier molecular flexibility index (Phi) is 3.89. The van der Waals surface area contributed by atoms with Gasteiger partial charge in [0.15, 0.2) is 5.82 Å². The van der Waals surface area contributed by atoms with Gasteiger partial charge in [-0.25, -0.2) is 4.68 Å². The molecule has 7 heteroatoms. The topological polar surface area (TPSA) is 105 Å². The number of hydrogen-bond acceptors (Lipinski definition) is 6. The molecule has 108 valence electrons. The lowest BCUT2D eigenvalue weighted by molar-refractivity contribution is -0.0246. The summed E-state index contributed by atoms with van der Waals surface area (Å²) < 4.78 is 7.37. The Bertz CT molecular complexity index is 572. The average Bonchev–Trinajstić information content (AvgIpc) is 2.74. The third kappa shape index (κ3) is 3.24. The van der Waals surface area contributed by atoms with Crippen molar-refractivity contribution in [3.05, 3.63) is 18.2 Å². The van der Waals surface area contributed by atoms with Crippen molar-refractivity contribution >= 4 is 11.4 Å². The average molecular weight is 276 g/mol. The molecule has 0 bridgehead atoms. The fourth-order valence-corrected chi connectivity index (χ4v) is 2.12. The maximum absolute atomic E-state index is 5.81. The van der Waals surface area contributed by atoms with Crippen molar-refractivity contribution in [2.24, 2.45) is 0 Å². The molecule has 4 N–H and O–H groups in total. The summed E-state index contributed by atoms with van der Waals surface area (Å²) in [4.78, 5) is 0. The number of ether oxygens (including phenoxy) is 1. The van der Waals surface area contributed by atoms with Crippen molar-refractivity contribution < 1.29 is 4.74 Å². The molecule has 1 aromatic carbocycles. The Labute approximate surface area is 117 Å². The zero-order valence-electron chi connectivity index (χ0n) is 12.0. The smallest absolute Gasteiger partial charge is 0.182 e. The minimum absolute atomic E-state index is 0.356. The second-order valence-electron chi connectivity index (χ2n) is 5.24. The van der Waals surface area contributed by atoms with E-state index in [9.17, 15) is 0 Å². The van der Waals surface area contributed by atoms with Gasteiger partial charge in [0.2, 0.25) is 0 Å². The molecule has 1 aromatic heterocycles. The van der Waals surface area contributed by atoms with Gasteiger partial charge in [0, 0.05) is 23.5 Å². The molecule has 0 spiro atoms. The van der Waals surface area contributed by atoms with E-state index in [0.29, 0.717) is 30.4 Å². The molecule has 7 nitrogen and oxygen atoms in total. The first-order valence-electron chi connectivity index (χ1n) is 6.48. The van der Waals surface area contributed by atoms with E-state index >= 15 is 0 Å². The predicted octanol–water partition coefficient (Wildman–Crippen LogP) is 1.32. The number of nitrogens with zero attached hydrogens (tertiary/aromatic N) is 4. The van der Waals surface area contributed by atoms with Crippen LogP contribution < -0.4 is 11.5 Å². The molecule has 1 heterocycles. The van der Waals surface area contributed by atoms with Crippen LogP contribution in [0.2, 0.25) is 0 Å². The molecule has 0 saturated carbocycles. The van der Waals surface area contributed by atoms with Gasteiger partial charge in [-0.3, -0.25) is 0 Å². The monoisotopic (exact) mass is 276 g/mol. The quantitative estimate of drug-likeness (QED) is 0.798. The molecule has 2 rings (SSSR count). The maximum Gasteiger partial charge on any atom is 0.182 e. The van der Waals surface area contributed by atoms with Crippen molar-refractivity contribution in [2.45, 2.75) is 32.9 Å². The summed E-state index contributed by atoms with van der Waals surface area (Å²) in [5, 5.41) is 11.8. The summed E-state index contributed by atoms with van der Waals surface area (Å²) in [6, 6.07) is 5.29. The van der Waals surface area contributed by atoms with E-state index in [1.165, 1.54) is 0 Å². The minimum Gasteiger partial charge on any atom is -0.399 e. The number of hydrogen-bond donors (Lipinski definition) is 2. The maximum atomic E-state index is 5.81. The van der Waals surface area contributed by atoms with Crippen LogP contribution in [0.5, 0.6) is 0 Å². The van der Waals surface area contributed by atoms with E-state index in [0.717, 1.165) is 5.56 Å². The molecule has 0 atom stereocenters. The Morgan fingerprint density at radius 2 is 1.85 bits per heavy atom. The fourth-order valence-electron chi connectivity index (χ4n) is 2.12. The molecule has 0 aliphatic rings. The van der Waals surface area contributed by atoms with Crippen molar-refractivity contribution in [3.8, 4) is 11.4 Å². The van der Waals surface area contributed by atoms with E-state index in [1.54, 1.807) is 22.9 Å². The van der Waals surface area contributed by atoms with E-state index < -0.39 is 0 Å². The highest BCUT2D eigenvalue weighted by atomic mass is 16.5. The van der Waals surface area contributed by atoms with Gasteiger partial charge in [0.25, 0.3) is 0 Å². The molecule has 0 aliphatic heterocycles. The Morgan fingerprint density at radius 3 is 2.45 bits per heavy atom. The van der Waals surface area contributed by atoms with Crippen molar-refractivity contribution in [2.75, 3.05) is 18.1 Å². The second kappa shape index (κ2) is 5.46. The van der Waals surface area contributed by atoms with Crippen molar-refractivity contribution in [3.63, 3.8) is 0 Å². The number of rotatable bonds is 5. The highest BCUT2D eigenvalue weighted by molar-refractivity contribution is 5.67. The lowest BCUT2D eigenvalue weighted by Crippen LogP contribution is -2.31. The largest absolute Gasteiger partial charge is 0.399 e. The zero-order valence-corrected chi connectivity index (χ0v) is 12.0. The molecule has 0 aliphatic carbocycles. The van der Waals surface area contributed by atoms with Crippen molar-refractivity contribution in [1.29, 1.82) is 0 Å². The van der Waals surface area contributed by atoms with Crippen LogP contribution >= 0.6 is 0 Å². The number of tetrazole rings is 1. The summed E-state index contributed by atoms with van der Waals surface area (Å²) in [5.41, 5.74) is 13.2. The van der Waals surface area contributed by atoms with Gasteiger partial charge in [-0.1, -0.05) is 0 Å². The van der Waals surface area contributed by atoms with Crippen LogP contribution in [-0.2, 0) is 11.3 Å². The van der Waals surface area contributed by atoms with Gasteiger partial charge < -0.3 is 16.2 Å². The first-order valence-corrected chi connectivity index (χ1v) is 6.48. The van der Waals surface area contributed by atoms with Gasteiger partial charge in [0.1, 0.15) is 0 Å². The third-order valence-electron chi connectivity index (χ3n) is 2.83. The van der Waals surface area contributed by atoms with E-state index in [1.807, 2.05) is 20.8 Å². The molecule has 2 aromatic rings. The van der Waals surface area contributed by atoms with Crippen molar-refractivity contribution in [1.82, 2.24) is 20.2 Å². The van der Waals surface area contributed by atoms with E-state index in [4.69, 9.17) is 16.2 Å². The SMILES string of the molecule is CCOC(C)(C)Cn1nnnc1-c1cc(N)cc(N)c1. The van der Waals surface area contributed by atoms with Crippen LogP contribution in [0.4, 0.5) is 11.4 Å². The lowest BCUT2D eigenvalue weighted by Gasteiger charge is -2.24. The molecular formula is C13H20N6O. The van der Waals surface area contributed by atoms with Crippen LogP contribution in [0, 0.1) is 0 Å². The van der Waals surface area contributed by atoms with Crippen LogP contribution in [0.3, 0.4) is 0 Å². The normalized spacial score (nSPS) is 11.8. The molecule has 0 amide bonds. The standard InChI is InChI=1S/C13H20N6O/c1-4-20-13(2,3)8-19-12(16-17-18-19)9-5-10(14)7-11(15)6-9/h5-7H,4,8,14-15H2,1-3H3. The van der Waals surface area contributed by atoms with Crippen LogP contribution in [0.1, 0.15) is 20.8 Å². The summed E-state index contributed by atoms with van der Waals surface area (Å²) in [7, 11) is 0. The van der Waals surface area contributed by atoms with Gasteiger partial charge in [-0.05, 0) is 49.4 Å². The van der Waals surface area contributed by atoms with Crippen LogP contribution in [0.15, 0.2) is 18.2 Å². The van der Waals surface area contributed by atoms with Gasteiger partial charge in [-0.15, -0.1) is 5.10 Å². The molecule has 0 saturated heterocycles. The molecule has 0 fully saturated rings. The summed E-state index contributed by atoms with van der Waals surface area (Å²) in [6.07, 6.45) is 0. The molecule has 0 radical (unpaired) electrons. The zero-order chi connectivity index (χ0) is 14.8. The van der Waals surface area contributed by atoms with Gasteiger partial charge in [-0.2, -0.15) is 0 Å². The lowest BCUT2D eigenvalue weighted by atomic mass is 10.1. The van der Waals surface area contributed by atoms with E-state index in [2.05, 4.69) is 15.5 Å². The number of nitrogen functional groups attached to an aromatic ring is 2. The molecular weight excluding hydrogens is 256 g/mol. The number of anilines is 2. The highest BCUT2D eigenvalue weighted by Gasteiger charge is 2.22. The first-order chi connectivity index (χ1) is 9.41. The van der Waals surface area contributed by atoms with Crippen LogP contribution in [-0.4, -0.2) is 32.4 Å². The number of benzene rings is 1. The highest BCUT2D eigenvalue weighted by Crippen LogP contribution is 2.24. The molecule has 0 unspecified atom stereocenters. The number of nitrogens with two attached hydrogens (primary N) is 2. The number of aromatic nitrogens is 4. The molecule has 20 heavy (non-hydrogen) atoms. The van der Waals surface area contributed by atoms with E-state index in [-0.39, 0.29) is 5.60 Å². The Balaban J connectivity index is 2.33. The summed E-state index contributed by atoms with van der Waals surface area (Å²) in [5.74, 6) is 0.622. The Hall–Kier alpha value is -2.15. The second-order valence-corrected chi connectivity index (χ2v) is 5.24. The Morgan fingerprint density at radius 1 is 1.20 bits per heavy atom. The predicted molar refractivity (Wildman–Crippen MR) is 77.8 cm³/mol.